The van der Waals surface area contributed by atoms with Crippen LogP contribution in [-0.4, -0.2) is 28.6 Å². The van der Waals surface area contributed by atoms with Gasteiger partial charge in [-0.05, 0) is 0 Å². The maximum Gasteiger partial charge on any atom is 0.356 e. The maximum absolute atomic E-state index is 10.6. The first kappa shape index (κ1) is 7.67. The van der Waals surface area contributed by atoms with Gasteiger partial charge in [0.1, 0.15) is 0 Å². The molecule has 6 nitrogen and oxygen atoms in total. The lowest BCUT2D eigenvalue weighted by Gasteiger charge is -2.09. The van der Waals surface area contributed by atoms with Crippen molar-refractivity contribution in [2.24, 2.45) is 5.73 Å². The van der Waals surface area contributed by atoms with Gasteiger partial charge in [-0.1, -0.05) is 0 Å². The van der Waals surface area contributed by atoms with Crippen LogP contribution in [0, 0.1) is 0 Å². The molecule has 1 unspecified atom stereocenters. The second kappa shape index (κ2) is 2.03. The SMILES string of the molecule is NC(=O)C1(O)CC(=O)OC1=O. The largest absolute Gasteiger partial charge is 0.390 e. The molecule has 1 saturated heterocycles. The Kier molecular flexibility index (Phi) is 1.41. The molecule has 1 fully saturated rings. The summed E-state index contributed by atoms with van der Waals surface area (Å²) < 4.78 is 3.91. The zero-order chi connectivity index (χ0) is 8.65. The lowest BCUT2D eigenvalue weighted by Crippen LogP contribution is -2.47. The van der Waals surface area contributed by atoms with Gasteiger partial charge in [-0.2, -0.15) is 0 Å². The molecule has 0 aromatic rings. The molecule has 1 aliphatic heterocycles. The van der Waals surface area contributed by atoms with Crippen LogP contribution < -0.4 is 5.73 Å². The second-order valence-corrected chi connectivity index (χ2v) is 2.16. The van der Waals surface area contributed by atoms with Crippen molar-refractivity contribution in [3.63, 3.8) is 0 Å². The van der Waals surface area contributed by atoms with Gasteiger partial charge in [-0.15, -0.1) is 0 Å². The Morgan fingerprint density at radius 1 is 1.64 bits per heavy atom. The molecule has 0 saturated carbocycles. The molecule has 0 radical (unpaired) electrons. The van der Waals surface area contributed by atoms with Crippen molar-refractivity contribution in [1.29, 1.82) is 0 Å². The second-order valence-electron chi connectivity index (χ2n) is 2.16. The lowest BCUT2D eigenvalue weighted by atomic mass is 10.0. The number of carbonyl (C=O) groups excluding carboxylic acids is 3. The highest BCUT2D eigenvalue weighted by Crippen LogP contribution is 2.20. The summed E-state index contributed by atoms with van der Waals surface area (Å²) >= 11 is 0. The number of hydrogen-bond donors (Lipinski definition) is 2. The summed E-state index contributed by atoms with van der Waals surface area (Å²) in [5.41, 5.74) is 2.20. The summed E-state index contributed by atoms with van der Waals surface area (Å²) in [5.74, 6) is -3.51. The van der Waals surface area contributed by atoms with Crippen LogP contribution in [0.4, 0.5) is 0 Å². The van der Waals surface area contributed by atoms with E-state index in [-0.39, 0.29) is 0 Å². The number of primary amides is 1. The van der Waals surface area contributed by atoms with Gasteiger partial charge in [0.15, 0.2) is 0 Å². The Bertz CT molecular complexity index is 247. The van der Waals surface area contributed by atoms with E-state index in [0.29, 0.717) is 0 Å². The number of cyclic esters (lactones) is 2. The molecule has 0 aromatic heterocycles. The van der Waals surface area contributed by atoms with Gasteiger partial charge in [0.05, 0.1) is 6.42 Å². The highest BCUT2D eigenvalue weighted by molar-refractivity contribution is 6.14. The summed E-state index contributed by atoms with van der Waals surface area (Å²) in [5, 5.41) is 9.04. The van der Waals surface area contributed by atoms with Crippen LogP contribution in [0.2, 0.25) is 0 Å². The molecule has 60 valence electrons. The number of nitrogens with two attached hydrogens (primary N) is 1. The summed E-state index contributed by atoms with van der Waals surface area (Å²) in [7, 11) is 0. The Balaban J connectivity index is 2.96. The number of hydrogen-bond acceptors (Lipinski definition) is 5. The first-order chi connectivity index (χ1) is 4.97. The Labute approximate surface area is 60.9 Å². The number of ether oxygens (including phenoxy) is 1. The Hall–Kier alpha value is -1.43. The predicted molar refractivity (Wildman–Crippen MR) is 29.9 cm³/mol. The van der Waals surface area contributed by atoms with Gasteiger partial charge in [-0.3, -0.25) is 9.59 Å². The number of rotatable bonds is 1. The van der Waals surface area contributed by atoms with Crippen LogP contribution in [-0.2, 0) is 19.1 Å². The average molecular weight is 159 g/mol. The quantitative estimate of drug-likeness (QED) is 0.330. The van der Waals surface area contributed by atoms with Crippen molar-refractivity contribution in [1.82, 2.24) is 0 Å². The smallest absolute Gasteiger partial charge is 0.356 e. The molecule has 1 amide bonds. The summed E-state index contributed by atoms with van der Waals surface area (Å²) in [6.45, 7) is 0. The molecular weight excluding hydrogens is 154 g/mol. The van der Waals surface area contributed by atoms with Gasteiger partial charge in [0.25, 0.3) is 11.5 Å². The van der Waals surface area contributed by atoms with E-state index >= 15 is 0 Å². The van der Waals surface area contributed by atoms with Crippen LogP contribution in [0.3, 0.4) is 0 Å². The van der Waals surface area contributed by atoms with E-state index in [4.69, 9.17) is 5.11 Å². The third-order valence-corrected chi connectivity index (χ3v) is 1.35. The molecule has 0 spiro atoms. The Morgan fingerprint density at radius 2 is 2.18 bits per heavy atom. The normalized spacial score (nSPS) is 30.3. The fourth-order valence-electron chi connectivity index (χ4n) is 0.693. The average Bonchev–Trinajstić information content (AvgIpc) is 2.08. The number of aliphatic hydroxyl groups is 1. The van der Waals surface area contributed by atoms with E-state index in [1.165, 1.54) is 0 Å². The summed E-state index contributed by atoms with van der Waals surface area (Å²) in [6, 6.07) is 0. The lowest BCUT2D eigenvalue weighted by molar-refractivity contribution is -0.161. The highest BCUT2D eigenvalue weighted by Gasteiger charge is 2.52. The van der Waals surface area contributed by atoms with E-state index in [0.717, 1.165) is 0 Å². The molecule has 11 heavy (non-hydrogen) atoms. The Morgan fingerprint density at radius 3 is 2.36 bits per heavy atom. The highest BCUT2D eigenvalue weighted by atomic mass is 16.6. The van der Waals surface area contributed by atoms with Gasteiger partial charge < -0.3 is 15.6 Å². The summed E-state index contributed by atoms with van der Waals surface area (Å²) in [4.78, 5) is 31.3. The van der Waals surface area contributed by atoms with Crippen molar-refractivity contribution in [2.45, 2.75) is 12.0 Å². The minimum Gasteiger partial charge on any atom is -0.390 e. The van der Waals surface area contributed by atoms with Crippen molar-refractivity contribution < 1.29 is 24.2 Å². The van der Waals surface area contributed by atoms with Crippen LogP contribution >= 0.6 is 0 Å². The van der Waals surface area contributed by atoms with Crippen LogP contribution in [0.15, 0.2) is 0 Å². The minimum atomic E-state index is -2.45. The third kappa shape index (κ3) is 0.966. The third-order valence-electron chi connectivity index (χ3n) is 1.35. The molecule has 1 rings (SSSR count). The zero-order valence-corrected chi connectivity index (χ0v) is 5.36. The topological polar surface area (TPSA) is 107 Å². The molecule has 6 heteroatoms. The molecule has 3 N–H and O–H groups in total. The van der Waals surface area contributed by atoms with Crippen LogP contribution in [0.5, 0.6) is 0 Å². The van der Waals surface area contributed by atoms with E-state index in [1.54, 1.807) is 0 Å². The standard InChI is InChI=1S/C5H5NO5/c6-3(8)5(10)1-2(7)11-4(5)9/h10H,1H2,(H2,6,8). The molecular formula is C5H5NO5. The molecule has 1 heterocycles. The first-order valence-electron chi connectivity index (χ1n) is 2.74. The van der Waals surface area contributed by atoms with Crippen LogP contribution in [0.1, 0.15) is 6.42 Å². The molecule has 1 aliphatic rings. The monoisotopic (exact) mass is 159 g/mol. The number of amides is 1. The maximum atomic E-state index is 10.6. The number of esters is 2. The molecule has 0 aliphatic carbocycles. The predicted octanol–water partition coefficient (Wildman–Crippen LogP) is -2.32. The minimum absolute atomic E-state index is 0.693. The number of carbonyl (C=O) groups is 3. The van der Waals surface area contributed by atoms with Crippen molar-refractivity contribution >= 4 is 17.8 Å². The van der Waals surface area contributed by atoms with E-state index in [9.17, 15) is 14.4 Å². The zero-order valence-electron chi connectivity index (χ0n) is 5.36. The molecule has 1 atom stereocenters. The van der Waals surface area contributed by atoms with Gasteiger partial charge in [0.2, 0.25) is 0 Å². The van der Waals surface area contributed by atoms with Gasteiger partial charge >= 0.3 is 11.9 Å². The fourth-order valence-corrected chi connectivity index (χ4v) is 0.693. The van der Waals surface area contributed by atoms with Crippen molar-refractivity contribution in [3.8, 4) is 0 Å². The fraction of sp³-hybridized carbons (Fsp3) is 0.400. The van der Waals surface area contributed by atoms with Gasteiger partial charge in [0, 0.05) is 0 Å². The van der Waals surface area contributed by atoms with Crippen molar-refractivity contribution in [3.05, 3.63) is 0 Å². The van der Waals surface area contributed by atoms with Crippen molar-refractivity contribution in [2.75, 3.05) is 0 Å². The van der Waals surface area contributed by atoms with Crippen LogP contribution in [0.25, 0.3) is 0 Å². The molecule has 0 bridgehead atoms. The van der Waals surface area contributed by atoms with E-state index in [2.05, 4.69) is 10.5 Å². The van der Waals surface area contributed by atoms with E-state index in [1.807, 2.05) is 0 Å². The van der Waals surface area contributed by atoms with E-state index < -0.39 is 29.9 Å². The summed E-state index contributed by atoms with van der Waals surface area (Å²) in [6.07, 6.45) is -0.693. The first-order valence-corrected chi connectivity index (χ1v) is 2.74. The molecule has 0 aromatic carbocycles. The van der Waals surface area contributed by atoms with Gasteiger partial charge in [-0.25, -0.2) is 4.79 Å².